The number of rotatable bonds is 6. The predicted molar refractivity (Wildman–Crippen MR) is 117 cm³/mol. The lowest BCUT2D eigenvalue weighted by Crippen LogP contribution is -2.43. The topological polar surface area (TPSA) is 74.6 Å². The molecule has 6 nitrogen and oxygen atoms in total. The first-order valence-corrected chi connectivity index (χ1v) is 11.3. The zero-order valence-corrected chi connectivity index (χ0v) is 18.3. The third kappa shape index (κ3) is 4.45. The number of amides is 1. The van der Waals surface area contributed by atoms with Gasteiger partial charge in [0.2, 0.25) is 5.91 Å². The van der Waals surface area contributed by atoms with Gasteiger partial charge in [0.15, 0.2) is 11.5 Å². The first kappa shape index (κ1) is 20.7. The van der Waals surface area contributed by atoms with Gasteiger partial charge in [0.25, 0.3) is 0 Å². The third-order valence-corrected chi connectivity index (χ3v) is 6.89. The smallest absolute Gasteiger partial charge is 0.239 e. The van der Waals surface area contributed by atoms with Gasteiger partial charge in [-0.3, -0.25) is 9.69 Å². The zero-order chi connectivity index (χ0) is 21.1. The molecule has 7 heteroatoms. The first-order chi connectivity index (χ1) is 14.6. The summed E-state index contributed by atoms with van der Waals surface area (Å²) in [5.41, 5.74) is 1.79. The van der Waals surface area contributed by atoms with Gasteiger partial charge in [-0.15, -0.1) is 11.3 Å². The summed E-state index contributed by atoms with van der Waals surface area (Å²) in [6.07, 6.45) is 2.89. The number of thiophene rings is 1. The quantitative estimate of drug-likeness (QED) is 0.761. The molecular formula is C23H27N3O3S. The van der Waals surface area contributed by atoms with Crippen molar-refractivity contribution in [1.82, 2.24) is 4.90 Å². The van der Waals surface area contributed by atoms with Gasteiger partial charge in [0, 0.05) is 11.4 Å². The Morgan fingerprint density at radius 3 is 2.93 bits per heavy atom. The minimum absolute atomic E-state index is 0.0999. The maximum atomic E-state index is 12.7. The van der Waals surface area contributed by atoms with Gasteiger partial charge in [-0.2, -0.15) is 5.26 Å². The van der Waals surface area contributed by atoms with Gasteiger partial charge in [-0.25, -0.2) is 0 Å². The van der Waals surface area contributed by atoms with Crippen molar-refractivity contribution in [3.05, 3.63) is 40.3 Å². The predicted octanol–water partition coefficient (Wildman–Crippen LogP) is 3.84. The minimum Gasteiger partial charge on any atom is -0.486 e. The second-order valence-corrected chi connectivity index (χ2v) is 9.15. The van der Waals surface area contributed by atoms with Crippen LogP contribution in [0.2, 0.25) is 0 Å². The number of nitrogens with one attached hydrogen (secondary N) is 1. The van der Waals surface area contributed by atoms with E-state index in [4.69, 9.17) is 9.47 Å². The van der Waals surface area contributed by atoms with Crippen LogP contribution in [0.25, 0.3) is 0 Å². The molecule has 2 heterocycles. The highest BCUT2D eigenvalue weighted by atomic mass is 32.1. The van der Waals surface area contributed by atoms with E-state index in [1.807, 2.05) is 36.1 Å². The molecule has 1 aromatic carbocycles. The molecule has 0 fully saturated rings. The van der Waals surface area contributed by atoms with E-state index in [1.54, 1.807) is 11.3 Å². The van der Waals surface area contributed by atoms with Crippen molar-refractivity contribution in [2.24, 2.45) is 5.92 Å². The van der Waals surface area contributed by atoms with Crippen molar-refractivity contribution in [2.75, 3.05) is 31.6 Å². The van der Waals surface area contributed by atoms with Crippen molar-refractivity contribution in [1.29, 1.82) is 5.26 Å². The van der Waals surface area contributed by atoms with Gasteiger partial charge in [-0.05, 0) is 49.4 Å². The maximum Gasteiger partial charge on any atom is 0.239 e. The largest absolute Gasteiger partial charge is 0.486 e. The molecule has 0 bridgehead atoms. The van der Waals surface area contributed by atoms with E-state index in [9.17, 15) is 10.1 Å². The standard InChI is InChI=1S/C23H27N3O3S/c1-3-26(12-16-14-28-19-6-4-5-7-20(19)29-16)13-22(27)25-23-18(11-24)17-9-8-15(2)10-21(17)30-23/h4-7,15-16H,3,8-10,12-14H2,1-2H3,(H,25,27)/t15-,16+/m1/s1. The van der Waals surface area contributed by atoms with Gasteiger partial charge in [-0.1, -0.05) is 26.0 Å². The molecule has 1 aliphatic carbocycles. The van der Waals surface area contributed by atoms with Gasteiger partial charge >= 0.3 is 0 Å². The average molecular weight is 426 g/mol. The highest BCUT2D eigenvalue weighted by Crippen LogP contribution is 2.39. The van der Waals surface area contributed by atoms with Crippen LogP contribution in [0.1, 0.15) is 36.3 Å². The Morgan fingerprint density at radius 2 is 2.17 bits per heavy atom. The van der Waals surface area contributed by atoms with E-state index >= 15 is 0 Å². The summed E-state index contributed by atoms with van der Waals surface area (Å²) in [5, 5.41) is 13.3. The number of nitriles is 1. The summed E-state index contributed by atoms with van der Waals surface area (Å²) in [6.45, 7) is 6.30. The van der Waals surface area contributed by atoms with Crippen LogP contribution < -0.4 is 14.8 Å². The molecule has 2 aromatic rings. The van der Waals surface area contributed by atoms with Gasteiger partial charge in [0.1, 0.15) is 23.8 Å². The van der Waals surface area contributed by atoms with Crippen LogP contribution in [-0.4, -0.2) is 43.2 Å². The van der Waals surface area contributed by atoms with E-state index in [1.165, 1.54) is 4.88 Å². The number of ether oxygens (including phenoxy) is 2. The number of carbonyl (C=O) groups is 1. The molecule has 30 heavy (non-hydrogen) atoms. The number of likely N-dealkylation sites (N-methyl/N-ethyl adjacent to an activating group) is 1. The molecule has 0 saturated carbocycles. The molecule has 2 atom stereocenters. The highest BCUT2D eigenvalue weighted by Gasteiger charge is 2.26. The van der Waals surface area contributed by atoms with Crippen LogP contribution in [-0.2, 0) is 17.6 Å². The Morgan fingerprint density at radius 1 is 1.37 bits per heavy atom. The molecule has 0 radical (unpaired) electrons. The molecule has 0 saturated heterocycles. The molecule has 1 aromatic heterocycles. The number of hydrogen-bond acceptors (Lipinski definition) is 6. The fourth-order valence-corrected chi connectivity index (χ4v) is 5.45. The zero-order valence-electron chi connectivity index (χ0n) is 17.4. The van der Waals surface area contributed by atoms with Crippen LogP contribution in [0.4, 0.5) is 5.00 Å². The fraction of sp³-hybridized carbons (Fsp3) is 0.478. The lowest BCUT2D eigenvalue weighted by Gasteiger charge is -2.30. The molecule has 1 amide bonds. The number of hydrogen-bond donors (Lipinski definition) is 1. The lowest BCUT2D eigenvalue weighted by molar-refractivity contribution is -0.117. The summed E-state index contributed by atoms with van der Waals surface area (Å²) < 4.78 is 11.8. The van der Waals surface area contributed by atoms with Crippen LogP contribution in [0.3, 0.4) is 0 Å². The summed E-state index contributed by atoms with van der Waals surface area (Å²) >= 11 is 1.56. The molecule has 4 rings (SSSR count). The van der Waals surface area contributed by atoms with Crippen LogP contribution in [0.15, 0.2) is 24.3 Å². The minimum atomic E-state index is -0.127. The second-order valence-electron chi connectivity index (χ2n) is 8.04. The number of fused-ring (bicyclic) bond motifs is 2. The van der Waals surface area contributed by atoms with Crippen molar-refractivity contribution < 1.29 is 14.3 Å². The van der Waals surface area contributed by atoms with Crippen LogP contribution >= 0.6 is 11.3 Å². The summed E-state index contributed by atoms with van der Waals surface area (Å²) in [6, 6.07) is 9.94. The normalized spacial score (nSPS) is 19.8. The Labute approximate surface area is 181 Å². The number of benzene rings is 1. The van der Waals surface area contributed by atoms with E-state index < -0.39 is 0 Å². The van der Waals surface area contributed by atoms with E-state index in [0.29, 0.717) is 29.6 Å². The highest BCUT2D eigenvalue weighted by molar-refractivity contribution is 7.16. The summed E-state index contributed by atoms with van der Waals surface area (Å²) in [7, 11) is 0. The van der Waals surface area contributed by atoms with Gasteiger partial charge < -0.3 is 14.8 Å². The van der Waals surface area contributed by atoms with Crippen LogP contribution in [0, 0.1) is 17.2 Å². The lowest BCUT2D eigenvalue weighted by atomic mass is 9.89. The fourth-order valence-electron chi connectivity index (χ4n) is 4.07. The molecule has 0 unspecified atom stereocenters. The third-order valence-electron chi connectivity index (χ3n) is 5.72. The van der Waals surface area contributed by atoms with E-state index in [0.717, 1.165) is 42.9 Å². The second kappa shape index (κ2) is 9.07. The number of carbonyl (C=O) groups excluding carboxylic acids is 1. The Kier molecular flexibility index (Phi) is 6.26. The van der Waals surface area contributed by atoms with E-state index in [-0.39, 0.29) is 18.6 Å². The molecular weight excluding hydrogens is 398 g/mol. The Bertz CT molecular complexity index is 965. The Hall–Kier alpha value is -2.56. The number of nitrogens with zero attached hydrogens (tertiary/aromatic N) is 2. The van der Waals surface area contributed by atoms with Crippen molar-refractivity contribution >= 4 is 22.2 Å². The van der Waals surface area contributed by atoms with Gasteiger partial charge in [0.05, 0.1) is 12.1 Å². The average Bonchev–Trinajstić information content (AvgIpc) is 3.08. The molecule has 1 aliphatic heterocycles. The monoisotopic (exact) mass is 425 g/mol. The summed E-state index contributed by atoms with van der Waals surface area (Å²) in [5.74, 6) is 2.03. The summed E-state index contributed by atoms with van der Waals surface area (Å²) in [4.78, 5) is 16.0. The molecule has 0 spiro atoms. The number of anilines is 1. The van der Waals surface area contributed by atoms with Crippen molar-refractivity contribution in [3.63, 3.8) is 0 Å². The Balaban J connectivity index is 1.37. The molecule has 1 N–H and O–H groups in total. The van der Waals surface area contributed by atoms with Crippen LogP contribution in [0.5, 0.6) is 11.5 Å². The first-order valence-electron chi connectivity index (χ1n) is 10.5. The maximum absolute atomic E-state index is 12.7. The SMILES string of the molecule is CCN(CC(=O)Nc1sc2c(c1C#N)CC[C@@H](C)C2)C[C@H]1COc2ccccc2O1. The molecule has 158 valence electrons. The van der Waals surface area contributed by atoms with Crippen molar-refractivity contribution in [2.45, 2.75) is 39.2 Å². The molecule has 2 aliphatic rings. The number of para-hydroxylation sites is 2. The van der Waals surface area contributed by atoms with E-state index in [2.05, 4.69) is 18.3 Å². The van der Waals surface area contributed by atoms with Crippen molar-refractivity contribution in [3.8, 4) is 17.6 Å².